The molecule has 0 saturated heterocycles. The van der Waals surface area contributed by atoms with Gasteiger partial charge in [0.25, 0.3) is 0 Å². The topological polar surface area (TPSA) is 73.6 Å². The zero-order valence-corrected chi connectivity index (χ0v) is 10.9. The van der Waals surface area contributed by atoms with Crippen molar-refractivity contribution in [3.05, 3.63) is 41.7 Å². The van der Waals surface area contributed by atoms with Crippen LogP contribution >= 0.6 is 0 Å². The molecule has 21 heavy (non-hydrogen) atoms. The molecule has 0 atom stereocenters. The second-order valence-corrected chi connectivity index (χ2v) is 4.02. The van der Waals surface area contributed by atoms with E-state index < -0.39 is 12.0 Å². The molecule has 0 unspecified atom stereocenters. The summed E-state index contributed by atoms with van der Waals surface area (Å²) in [4.78, 5) is 6.80. The molecule has 1 heterocycles. The van der Waals surface area contributed by atoms with Crippen LogP contribution in [-0.4, -0.2) is 17.0 Å². The molecular formula is C13H10F3N5. The van der Waals surface area contributed by atoms with E-state index in [1.165, 1.54) is 13.1 Å². The highest BCUT2D eigenvalue weighted by Crippen LogP contribution is 2.29. The fraction of sp³-hybridized carbons (Fsp3) is 0.154. The van der Waals surface area contributed by atoms with Crippen molar-refractivity contribution in [2.75, 3.05) is 17.7 Å². The number of hydrogen-bond donors (Lipinski definition) is 2. The van der Waals surface area contributed by atoms with Crippen molar-refractivity contribution in [2.24, 2.45) is 0 Å². The number of hydrogen-bond acceptors (Lipinski definition) is 5. The van der Waals surface area contributed by atoms with Gasteiger partial charge in [0.2, 0.25) is 5.82 Å². The van der Waals surface area contributed by atoms with Crippen LogP contribution in [0.15, 0.2) is 30.3 Å². The number of aromatic nitrogens is 2. The average Bonchev–Trinajstić information content (AvgIpc) is 2.46. The number of rotatable bonds is 3. The summed E-state index contributed by atoms with van der Waals surface area (Å²) in [7, 11) is 1.47. The molecule has 0 aliphatic heterocycles. The van der Waals surface area contributed by atoms with Gasteiger partial charge in [-0.25, -0.2) is 9.97 Å². The molecule has 0 saturated carbocycles. The Morgan fingerprint density at radius 3 is 2.24 bits per heavy atom. The molecule has 5 nitrogen and oxygen atoms in total. The summed E-state index contributed by atoms with van der Waals surface area (Å²) in [5, 5.41) is 14.0. The Labute approximate surface area is 118 Å². The largest absolute Gasteiger partial charge is 0.451 e. The van der Waals surface area contributed by atoms with E-state index in [2.05, 4.69) is 20.6 Å². The summed E-state index contributed by atoms with van der Waals surface area (Å²) in [6, 6.07) is 9.56. The third-order valence-corrected chi connectivity index (χ3v) is 2.52. The molecule has 0 aliphatic rings. The molecule has 2 aromatic rings. The zero-order chi connectivity index (χ0) is 15.5. The zero-order valence-electron chi connectivity index (χ0n) is 10.9. The number of alkyl halides is 3. The van der Waals surface area contributed by atoms with E-state index in [1.54, 1.807) is 24.3 Å². The van der Waals surface area contributed by atoms with Crippen molar-refractivity contribution in [1.29, 1.82) is 5.26 Å². The van der Waals surface area contributed by atoms with Gasteiger partial charge in [-0.3, -0.25) is 0 Å². The first-order valence-corrected chi connectivity index (χ1v) is 5.83. The average molecular weight is 293 g/mol. The maximum Gasteiger partial charge on any atom is 0.451 e. The van der Waals surface area contributed by atoms with Crippen molar-refractivity contribution in [3.8, 4) is 6.07 Å². The van der Waals surface area contributed by atoms with Crippen molar-refractivity contribution in [1.82, 2.24) is 9.97 Å². The molecule has 2 rings (SSSR count). The lowest BCUT2D eigenvalue weighted by atomic mass is 10.2. The maximum atomic E-state index is 12.7. The minimum absolute atomic E-state index is 0.00591. The van der Waals surface area contributed by atoms with Gasteiger partial charge in [0.05, 0.1) is 11.6 Å². The van der Waals surface area contributed by atoms with Crippen LogP contribution in [0.1, 0.15) is 11.4 Å². The Morgan fingerprint density at radius 1 is 1.10 bits per heavy atom. The summed E-state index contributed by atoms with van der Waals surface area (Å²) in [5.41, 5.74) is 0.970. The summed E-state index contributed by atoms with van der Waals surface area (Å²) in [6.07, 6.45) is -4.63. The second-order valence-electron chi connectivity index (χ2n) is 4.02. The predicted octanol–water partition coefficient (Wildman–Crippen LogP) is 3.15. The Hall–Kier alpha value is -2.82. The summed E-state index contributed by atoms with van der Waals surface area (Å²) >= 11 is 0. The second kappa shape index (κ2) is 5.66. The lowest BCUT2D eigenvalue weighted by Gasteiger charge is -2.11. The Bertz CT molecular complexity index is 674. The molecule has 0 fully saturated rings. The van der Waals surface area contributed by atoms with Crippen LogP contribution in [0.3, 0.4) is 0 Å². The quantitative estimate of drug-likeness (QED) is 0.909. The van der Waals surface area contributed by atoms with Gasteiger partial charge in [-0.2, -0.15) is 18.4 Å². The number of nitriles is 1. The van der Waals surface area contributed by atoms with Gasteiger partial charge >= 0.3 is 6.18 Å². The number of nitrogens with one attached hydrogen (secondary N) is 2. The SMILES string of the molecule is CNc1cc(Nc2ccc(C#N)cc2)nc(C(F)(F)F)n1. The summed E-state index contributed by atoms with van der Waals surface area (Å²) < 4.78 is 38.1. The Balaban J connectivity index is 2.32. The fourth-order valence-corrected chi connectivity index (χ4v) is 1.54. The summed E-state index contributed by atoms with van der Waals surface area (Å²) in [5.74, 6) is -1.18. The molecular weight excluding hydrogens is 283 g/mol. The van der Waals surface area contributed by atoms with Crippen LogP contribution in [0.25, 0.3) is 0 Å². The molecule has 0 radical (unpaired) electrons. The molecule has 0 aliphatic carbocycles. The molecule has 0 amide bonds. The van der Waals surface area contributed by atoms with Crippen molar-refractivity contribution in [3.63, 3.8) is 0 Å². The van der Waals surface area contributed by atoms with Crippen LogP contribution in [0, 0.1) is 11.3 Å². The van der Waals surface area contributed by atoms with Gasteiger partial charge in [0.15, 0.2) is 0 Å². The van der Waals surface area contributed by atoms with Crippen molar-refractivity contribution in [2.45, 2.75) is 6.18 Å². The fourth-order valence-electron chi connectivity index (χ4n) is 1.54. The van der Waals surface area contributed by atoms with Gasteiger partial charge in [-0.15, -0.1) is 0 Å². The van der Waals surface area contributed by atoms with Crippen LogP contribution in [0.2, 0.25) is 0 Å². The van der Waals surface area contributed by atoms with E-state index in [0.29, 0.717) is 11.3 Å². The third kappa shape index (κ3) is 3.60. The maximum absolute atomic E-state index is 12.7. The van der Waals surface area contributed by atoms with Crippen LogP contribution < -0.4 is 10.6 Å². The molecule has 1 aromatic heterocycles. The first kappa shape index (κ1) is 14.6. The highest BCUT2D eigenvalue weighted by molar-refractivity contribution is 5.60. The molecule has 0 spiro atoms. The van der Waals surface area contributed by atoms with Gasteiger partial charge in [0, 0.05) is 18.8 Å². The molecule has 2 N–H and O–H groups in total. The number of nitrogens with zero attached hydrogens (tertiary/aromatic N) is 3. The molecule has 1 aromatic carbocycles. The first-order valence-electron chi connectivity index (χ1n) is 5.83. The minimum atomic E-state index is -4.63. The molecule has 8 heteroatoms. The standard InChI is InChI=1S/C13H10F3N5/c1-18-10-6-11(21-12(20-10)13(14,15)16)19-9-4-2-8(7-17)3-5-9/h2-6H,1H3,(H2,18,19,20,21). The first-order chi connectivity index (χ1) is 9.92. The van der Waals surface area contributed by atoms with Gasteiger partial charge < -0.3 is 10.6 Å². The van der Waals surface area contributed by atoms with Gasteiger partial charge in [0.1, 0.15) is 11.6 Å². The van der Waals surface area contributed by atoms with Crippen molar-refractivity contribution >= 4 is 17.3 Å². The van der Waals surface area contributed by atoms with E-state index in [-0.39, 0.29) is 11.6 Å². The van der Waals surface area contributed by atoms with Gasteiger partial charge in [-0.1, -0.05) is 0 Å². The number of benzene rings is 1. The van der Waals surface area contributed by atoms with Crippen LogP contribution in [0.5, 0.6) is 0 Å². The smallest absolute Gasteiger partial charge is 0.373 e. The van der Waals surface area contributed by atoms with Gasteiger partial charge in [-0.05, 0) is 24.3 Å². The van der Waals surface area contributed by atoms with E-state index in [9.17, 15) is 13.2 Å². The predicted molar refractivity (Wildman–Crippen MR) is 71.0 cm³/mol. The van der Waals surface area contributed by atoms with E-state index in [4.69, 9.17) is 5.26 Å². The highest BCUT2D eigenvalue weighted by Gasteiger charge is 2.35. The Morgan fingerprint density at radius 2 is 1.71 bits per heavy atom. The monoisotopic (exact) mass is 293 g/mol. The van der Waals surface area contributed by atoms with E-state index in [0.717, 1.165) is 0 Å². The lowest BCUT2D eigenvalue weighted by molar-refractivity contribution is -0.144. The highest BCUT2D eigenvalue weighted by atomic mass is 19.4. The lowest BCUT2D eigenvalue weighted by Crippen LogP contribution is -2.13. The summed E-state index contributed by atoms with van der Waals surface area (Å²) in [6.45, 7) is 0. The molecule has 108 valence electrons. The minimum Gasteiger partial charge on any atom is -0.373 e. The van der Waals surface area contributed by atoms with Crippen molar-refractivity contribution < 1.29 is 13.2 Å². The van der Waals surface area contributed by atoms with E-state index in [1.807, 2.05) is 6.07 Å². The van der Waals surface area contributed by atoms with Crippen LogP contribution in [0.4, 0.5) is 30.5 Å². The third-order valence-electron chi connectivity index (χ3n) is 2.52. The van der Waals surface area contributed by atoms with E-state index >= 15 is 0 Å². The Kier molecular flexibility index (Phi) is 3.93. The number of anilines is 3. The molecule has 0 bridgehead atoms. The van der Waals surface area contributed by atoms with Crippen LogP contribution in [-0.2, 0) is 6.18 Å². The number of halogens is 3. The normalized spacial score (nSPS) is 10.8.